The van der Waals surface area contributed by atoms with Crippen molar-refractivity contribution in [2.75, 3.05) is 0 Å². The zero-order valence-electron chi connectivity index (χ0n) is 7.08. The molecular formula is C10H4ClN3. The average Bonchev–Trinajstić information content (AvgIpc) is 2.21. The van der Waals surface area contributed by atoms with Crippen LogP contribution in [0.4, 0.5) is 0 Å². The van der Waals surface area contributed by atoms with Gasteiger partial charge < -0.3 is 0 Å². The van der Waals surface area contributed by atoms with E-state index in [1.807, 2.05) is 12.1 Å². The summed E-state index contributed by atoms with van der Waals surface area (Å²) in [4.78, 5) is 3.79. The van der Waals surface area contributed by atoms with Crippen LogP contribution in [0.15, 0.2) is 12.3 Å². The maximum atomic E-state index is 8.64. The van der Waals surface area contributed by atoms with Crippen molar-refractivity contribution in [2.45, 2.75) is 6.42 Å². The molecule has 0 unspecified atom stereocenters. The molecule has 0 aliphatic rings. The molecule has 0 saturated carbocycles. The third-order valence-corrected chi connectivity index (χ3v) is 1.66. The van der Waals surface area contributed by atoms with Crippen LogP contribution in [0.5, 0.6) is 0 Å². The molecule has 0 radical (unpaired) electrons. The van der Waals surface area contributed by atoms with Gasteiger partial charge in [-0.25, -0.2) is 4.98 Å². The summed E-state index contributed by atoms with van der Waals surface area (Å²) in [6.07, 6.45) is 1.62. The van der Waals surface area contributed by atoms with Gasteiger partial charge in [0.05, 0.1) is 18.1 Å². The van der Waals surface area contributed by atoms with Crippen molar-refractivity contribution in [3.05, 3.63) is 28.5 Å². The lowest BCUT2D eigenvalue weighted by molar-refractivity contribution is 1.28. The van der Waals surface area contributed by atoms with Crippen LogP contribution in [0.1, 0.15) is 17.5 Å². The molecule has 14 heavy (non-hydrogen) atoms. The lowest BCUT2D eigenvalue weighted by atomic mass is 10.2. The minimum absolute atomic E-state index is 0.157. The van der Waals surface area contributed by atoms with Gasteiger partial charge in [0.15, 0.2) is 0 Å². The predicted molar refractivity (Wildman–Crippen MR) is 51.1 cm³/mol. The zero-order valence-corrected chi connectivity index (χ0v) is 7.84. The monoisotopic (exact) mass is 201 g/mol. The molecule has 0 N–H and O–H groups in total. The van der Waals surface area contributed by atoms with Crippen molar-refractivity contribution in [2.24, 2.45) is 0 Å². The highest BCUT2D eigenvalue weighted by Crippen LogP contribution is 2.12. The van der Waals surface area contributed by atoms with Crippen molar-refractivity contribution in [3.63, 3.8) is 0 Å². The Balaban J connectivity index is 3.00. The Kier molecular flexibility index (Phi) is 3.50. The van der Waals surface area contributed by atoms with Crippen LogP contribution in [0.2, 0.25) is 5.15 Å². The first-order valence-electron chi connectivity index (χ1n) is 3.69. The fraction of sp³-hybridized carbons (Fsp3) is 0.100. The Morgan fingerprint density at radius 1 is 1.43 bits per heavy atom. The molecule has 0 fully saturated rings. The first-order valence-corrected chi connectivity index (χ1v) is 4.07. The minimum atomic E-state index is 0.157. The van der Waals surface area contributed by atoms with E-state index in [1.165, 1.54) is 6.20 Å². The van der Waals surface area contributed by atoms with E-state index in [1.54, 1.807) is 6.07 Å². The normalized spacial score (nSPS) is 7.93. The van der Waals surface area contributed by atoms with Crippen molar-refractivity contribution >= 4 is 11.6 Å². The molecular weight excluding hydrogens is 198 g/mol. The number of nitriles is 2. The van der Waals surface area contributed by atoms with Crippen LogP contribution in [-0.2, 0) is 0 Å². The molecule has 1 aromatic rings. The number of hydrogen-bond acceptors (Lipinski definition) is 3. The molecule has 1 heterocycles. The fourth-order valence-electron chi connectivity index (χ4n) is 0.781. The molecule has 1 rings (SSSR count). The maximum Gasteiger partial charge on any atom is 0.146 e. The molecule has 0 aliphatic heterocycles. The van der Waals surface area contributed by atoms with E-state index < -0.39 is 0 Å². The Bertz CT molecular complexity index is 483. The largest absolute Gasteiger partial charge is 0.242 e. The van der Waals surface area contributed by atoms with Crippen LogP contribution in [-0.4, -0.2) is 4.98 Å². The molecule has 4 heteroatoms. The molecule has 0 spiro atoms. The summed E-state index contributed by atoms with van der Waals surface area (Å²) in [6.45, 7) is 0. The highest BCUT2D eigenvalue weighted by atomic mass is 35.5. The van der Waals surface area contributed by atoms with Crippen LogP contribution in [0, 0.1) is 34.5 Å². The Labute approximate surface area is 86.6 Å². The van der Waals surface area contributed by atoms with Gasteiger partial charge in [0.2, 0.25) is 0 Å². The number of aromatic nitrogens is 1. The summed E-state index contributed by atoms with van der Waals surface area (Å²) in [5.41, 5.74) is 0.872. The molecule has 0 aromatic carbocycles. The lowest BCUT2D eigenvalue weighted by Crippen LogP contribution is -1.84. The number of nitrogens with zero attached hydrogens (tertiary/aromatic N) is 3. The fourth-order valence-corrected chi connectivity index (χ4v) is 0.926. The van der Waals surface area contributed by atoms with Gasteiger partial charge in [-0.2, -0.15) is 10.5 Å². The Morgan fingerprint density at radius 3 is 2.86 bits per heavy atom. The summed E-state index contributed by atoms with van der Waals surface area (Å²) in [5, 5.41) is 17.1. The number of hydrogen-bond donors (Lipinski definition) is 0. The molecule has 0 amide bonds. The van der Waals surface area contributed by atoms with E-state index in [-0.39, 0.29) is 17.1 Å². The molecule has 0 aliphatic carbocycles. The molecule has 0 saturated heterocycles. The SMILES string of the molecule is N#CCC#Cc1cnc(Cl)c(C#N)c1. The minimum Gasteiger partial charge on any atom is -0.242 e. The molecule has 0 bridgehead atoms. The smallest absolute Gasteiger partial charge is 0.146 e. The summed E-state index contributed by atoms with van der Waals surface area (Å²) in [7, 11) is 0. The lowest BCUT2D eigenvalue weighted by Gasteiger charge is -1.93. The average molecular weight is 202 g/mol. The molecule has 0 atom stereocenters. The first kappa shape index (κ1) is 10.1. The standard InChI is InChI=1S/C10H4ClN3/c11-10-9(6-13)5-8(7-14-10)3-1-2-4-12/h5,7H,2H2. The second-order valence-corrected chi connectivity index (χ2v) is 2.67. The second-order valence-electron chi connectivity index (χ2n) is 2.31. The summed E-state index contributed by atoms with van der Waals surface area (Å²) < 4.78 is 0. The highest BCUT2D eigenvalue weighted by molar-refractivity contribution is 6.30. The molecule has 66 valence electrons. The highest BCUT2D eigenvalue weighted by Gasteiger charge is 2.00. The molecule has 1 aromatic heterocycles. The maximum absolute atomic E-state index is 8.64. The van der Waals surface area contributed by atoms with Crippen molar-refractivity contribution < 1.29 is 0 Å². The third-order valence-electron chi connectivity index (χ3n) is 1.36. The van der Waals surface area contributed by atoms with E-state index in [2.05, 4.69) is 16.8 Å². The van der Waals surface area contributed by atoms with Gasteiger partial charge in [0, 0.05) is 11.8 Å². The first-order chi connectivity index (χ1) is 6.77. The summed E-state index contributed by atoms with van der Waals surface area (Å²) in [5.74, 6) is 5.32. The van der Waals surface area contributed by atoms with Gasteiger partial charge in [0.25, 0.3) is 0 Å². The Hall–Kier alpha value is -2.02. The van der Waals surface area contributed by atoms with E-state index in [0.717, 1.165) is 0 Å². The van der Waals surface area contributed by atoms with Gasteiger partial charge in [-0.1, -0.05) is 23.4 Å². The molecule has 3 nitrogen and oxygen atoms in total. The quantitative estimate of drug-likeness (QED) is 0.476. The van der Waals surface area contributed by atoms with Gasteiger partial charge >= 0.3 is 0 Å². The van der Waals surface area contributed by atoms with Gasteiger partial charge in [-0.05, 0) is 6.07 Å². The van der Waals surface area contributed by atoms with Crippen LogP contribution < -0.4 is 0 Å². The summed E-state index contributed by atoms with van der Waals surface area (Å²) >= 11 is 5.62. The van der Waals surface area contributed by atoms with E-state index >= 15 is 0 Å². The van der Waals surface area contributed by atoms with Gasteiger partial charge in [-0.3, -0.25) is 0 Å². The van der Waals surface area contributed by atoms with Gasteiger partial charge in [0.1, 0.15) is 11.2 Å². The van der Waals surface area contributed by atoms with E-state index in [9.17, 15) is 0 Å². The van der Waals surface area contributed by atoms with Crippen LogP contribution in [0.25, 0.3) is 0 Å². The number of pyridine rings is 1. The third kappa shape index (κ3) is 2.49. The van der Waals surface area contributed by atoms with Crippen molar-refractivity contribution in [1.29, 1.82) is 10.5 Å². The topological polar surface area (TPSA) is 60.5 Å². The predicted octanol–water partition coefficient (Wildman–Crippen LogP) is 1.87. The second kappa shape index (κ2) is 4.87. The van der Waals surface area contributed by atoms with Gasteiger partial charge in [-0.15, -0.1) is 0 Å². The Morgan fingerprint density at radius 2 is 2.21 bits per heavy atom. The summed E-state index contributed by atoms with van der Waals surface area (Å²) in [6, 6.07) is 5.33. The van der Waals surface area contributed by atoms with Crippen LogP contribution in [0.3, 0.4) is 0 Å². The van der Waals surface area contributed by atoms with Crippen LogP contribution >= 0.6 is 11.6 Å². The van der Waals surface area contributed by atoms with E-state index in [4.69, 9.17) is 22.1 Å². The zero-order chi connectivity index (χ0) is 10.4. The number of rotatable bonds is 0. The van der Waals surface area contributed by atoms with Crippen molar-refractivity contribution in [1.82, 2.24) is 4.98 Å². The van der Waals surface area contributed by atoms with E-state index in [0.29, 0.717) is 5.56 Å². The van der Waals surface area contributed by atoms with Crippen molar-refractivity contribution in [3.8, 4) is 24.0 Å². The number of halogens is 1.